The van der Waals surface area contributed by atoms with Gasteiger partial charge in [0, 0.05) is 44.2 Å². The van der Waals surface area contributed by atoms with Crippen LogP contribution in [-0.4, -0.2) is 72.4 Å². The predicted octanol–water partition coefficient (Wildman–Crippen LogP) is 4.98. The molecule has 3 N–H and O–H groups in total. The molecule has 7 heterocycles. The van der Waals surface area contributed by atoms with Gasteiger partial charge in [0.05, 0.1) is 36.2 Å². The first-order valence-electron chi connectivity index (χ1n) is 16.5. The summed E-state index contributed by atoms with van der Waals surface area (Å²) in [6.45, 7) is 10.7. The highest BCUT2D eigenvalue weighted by Gasteiger charge is 2.46. The van der Waals surface area contributed by atoms with E-state index in [9.17, 15) is 0 Å². The maximum absolute atomic E-state index is 7.57. The van der Waals surface area contributed by atoms with Crippen molar-refractivity contribution in [2.24, 2.45) is 23.7 Å². The van der Waals surface area contributed by atoms with Crippen molar-refractivity contribution in [3.63, 3.8) is 0 Å². The van der Waals surface area contributed by atoms with E-state index in [1.807, 2.05) is 48.9 Å². The highest BCUT2D eigenvalue weighted by atomic mass is 16.2. The van der Waals surface area contributed by atoms with Crippen LogP contribution in [0.1, 0.15) is 31.2 Å². The van der Waals surface area contributed by atoms with E-state index in [4.69, 9.17) is 15.8 Å². The van der Waals surface area contributed by atoms with E-state index in [0.29, 0.717) is 5.82 Å². The highest BCUT2D eigenvalue weighted by molar-refractivity contribution is 5.57. The number of hydrogen-bond acceptors (Lipinski definition) is 10. The van der Waals surface area contributed by atoms with E-state index in [1.165, 1.54) is 24.2 Å². The van der Waals surface area contributed by atoms with Crippen LogP contribution in [0.25, 0.3) is 28.6 Å². The molecule has 2 saturated heterocycles. The van der Waals surface area contributed by atoms with Crippen molar-refractivity contribution in [1.29, 1.82) is 0 Å². The molecule has 0 bridgehead atoms. The molecule has 4 fully saturated rings. The second-order valence-electron chi connectivity index (χ2n) is 12.9. The van der Waals surface area contributed by atoms with E-state index in [2.05, 4.69) is 65.3 Å². The molecule has 2 saturated carbocycles. The Hall–Kier alpha value is -4.90. The van der Waals surface area contributed by atoms with Crippen LogP contribution < -0.4 is 15.5 Å². The maximum Gasteiger partial charge on any atom is 0.147 e. The number of piperidine rings is 2. The van der Waals surface area contributed by atoms with Gasteiger partial charge in [-0.3, -0.25) is 0 Å². The molecule has 2 aliphatic heterocycles. The Morgan fingerprint density at radius 2 is 1.09 bits per heavy atom. The van der Waals surface area contributed by atoms with Crippen LogP contribution >= 0.6 is 0 Å². The third-order valence-electron chi connectivity index (χ3n) is 9.41. The number of nitrogens with zero attached hydrogens (tertiary/aromatic N) is 9. The number of nitrogen functional groups attached to an aromatic ring is 1. The maximum atomic E-state index is 7.57. The molecule has 11 nitrogen and oxygen atoms in total. The van der Waals surface area contributed by atoms with Crippen LogP contribution in [-0.2, 0) is 0 Å². The SMILES string of the molecule is CCO.Cc1ccc(C)n1-c1cccc(-c2cnc(N3CC4CC4C3)cn2)n1.Nc1cccc(-c2cnc(N3CC4CC4C3)cn2)n1. The van der Waals surface area contributed by atoms with Gasteiger partial charge < -0.3 is 25.2 Å². The molecule has 0 aromatic carbocycles. The number of aliphatic hydroxyl groups excluding tert-OH is 1. The fourth-order valence-electron chi connectivity index (χ4n) is 6.72. The molecule has 242 valence electrons. The van der Waals surface area contributed by atoms with E-state index >= 15 is 0 Å². The average molecular weight is 631 g/mol. The lowest BCUT2D eigenvalue weighted by Gasteiger charge is -2.18. The molecule has 11 heteroatoms. The van der Waals surface area contributed by atoms with Gasteiger partial charge in [0.15, 0.2) is 0 Å². The largest absolute Gasteiger partial charge is 0.397 e. The van der Waals surface area contributed by atoms with Crippen molar-refractivity contribution in [2.75, 3.05) is 48.3 Å². The number of aliphatic hydroxyl groups is 1. The van der Waals surface area contributed by atoms with E-state index in [-0.39, 0.29) is 6.61 Å². The van der Waals surface area contributed by atoms with E-state index in [1.54, 1.807) is 19.2 Å². The molecule has 2 aliphatic carbocycles. The Balaban J connectivity index is 0.000000142. The minimum absolute atomic E-state index is 0.250. The van der Waals surface area contributed by atoms with Crippen LogP contribution in [0.15, 0.2) is 73.3 Å². The lowest BCUT2D eigenvalue weighted by atomic mass is 10.2. The van der Waals surface area contributed by atoms with Crippen LogP contribution in [0.5, 0.6) is 0 Å². The lowest BCUT2D eigenvalue weighted by molar-refractivity contribution is 0.318. The van der Waals surface area contributed by atoms with Crippen molar-refractivity contribution >= 4 is 17.5 Å². The Morgan fingerprint density at radius 3 is 1.53 bits per heavy atom. The molecular formula is C36H42N10O. The van der Waals surface area contributed by atoms with Crippen molar-refractivity contribution in [1.82, 2.24) is 34.5 Å². The molecule has 4 aliphatic rings. The topological polar surface area (TPSA) is 135 Å². The first kappa shape index (κ1) is 30.7. The highest BCUT2D eigenvalue weighted by Crippen LogP contribution is 2.46. The fraction of sp³-hybridized carbons (Fsp3) is 0.389. The second kappa shape index (κ2) is 13.1. The summed E-state index contributed by atoms with van der Waals surface area (Å²) in [7, 11) is 0. The number of fused-ring (bicyclic) bond motifs is 2. The Kier molecular flexibility index (Phi) is 8.55. The summed E-state index contributed by atoms with van der Waals surface area (Å²) >= 11 is 0. The van der Waals surface area contributed by atoms with E-state index < -0.39 is 0 Å². The predicted molar refractivity (Wildman–Crippen MR) is 184 cm³/mol. The minimum Gasteiger partial charge on any atom is -0.397 e. The Morgan fingerprint density at radius 1 is 0.617 bits per heavy atom. The molecule has 5 aromatic rings. The van der Waals surface area contributed by atoms with Gasteiger partial charge in [-0.05, 0) is 93.7 Å². The summed E-state index contributed by atoms with van der Waals surface area (Å²) in [6, 6.07) is 15.8. The van der Waals surface area contributed by atoms with Crippen molar-refractivity contribution in [3.8, 4) is 28.6 Å². The molecule has 4 atom stereocenters. The molecule has 9 rings (SSSR count). The van der Waals surface area contributed by atoms with Crippen molar-refractivity contribution < 1.29 is 5.11 Å². The van der Waals surface area contributed by atoms with Gasteiger partial charge in [0.25, 0.3) is 0 Å². The number of rotatable bonds is 5. The number of pyridine rings is 2. The van der Waals surface area contributed by atoms with Gasteiger partial charge in [0.2, 0.25) is 0 Å². The van der Waals surface area contributed by atoms with Crippen molar-refractivity contribution in [2.45, 2.75) is 33.6 Å². The third-order valence-corrected chi connectivity index (χ3v) is 9.41. The van der Waals surface area contributed by atoms with Gasteiger partial charge in [0.1, 0.15) is 34.7 Å². The monoisotopic (exact) mass is 630 g/mol. The quantitative estimate of drug-likeness (QED) is 0.274. The molecule has 0 radical (unpaired) electrons. The Labute approximate surface area is 275 Å². The molecule has 0 spiro atoms. The second-order valence-corrected chi connectivity index (χ2v) is 12.9. The van der Waals surface area contributed by atoms with Crippen LogP contribution in [0.4, 0.5) is 17.5 Å². The van der Waals surface area contributed by atoms with Gasteiger partial charge in [-0.2, -0.15) is 0 Å². The summed E-state index contributed by atoms with van der Waals surface area (Å²) in [4.78, 5) is 31.9. The van der Waals surface area contributed by atoms with Crippen LogP contribution in [0.2, 0.25) is 0 Å². The van der Waals surface area contributed by atoms with Gasteiger partial charge >= 0.3 is 0 Å². The Bertz CT molecular complexity index is 1780. The zero-order valence-electron chi connectivity index (χ0n) is 27.2. The minimum atomic E-state index is 0.250. The van der Waals surface area contributed by atoms with Crippen LogP contribution in [0.3, 0.4) is 0 Å². The van der Waals surface area contributed by atoms with Gasteiger partial charge in [-0.25, -0.2) is 29.9 Å². The third kappa shape index (κ3) is 6.80. The summed E-state index contributed by atoms with van der Waals surface area (Å²) in [5.41, 5.74) is 11.2. The number of anilines is 3. The van der Waals surface area contributed by atoms with Crippen molar-refractivity contribution in [3.05, 3.63) is 84.7 Å². The average Bonchev–Trinajstić information content (AvgIpc) is 3.86. The smallest absolute Gasteiger partial charge is 0.147 e. The standard InChI is InChI=1S/C20H21N5.C14H15N5.C2H6O/c1-13-6-7-14(2)25(13)19-5-3-4-17(23-19)18-9-22-20(10-21-18)24-11-15-8-16(15)12-24;15-13-3-1-2-11(18-13)12-5-17-14(6-16-12)19-7-9-4-10(9)8-19;1-2-3/h3-7,9-10,15-16H,8,11-12H2,1-2H3;1-3,5-6,9-10H,4,7-8H2,(H2,15,18);3H,2H2,1H3. The summed E-state index contributed by atoms with van der Waals surface area (Å²) < 4.78 is 2.15. The van der Waals surface area contributed by atoms with Gasteiger partial charge in [-0.1, -0.05) is 12.1 Å². The number of aryl methyl sites for hydroxylation is 2. The lowest BCUT2D eigenvalue weighted by Crippen LogP contribution is -2.22. The number of aromatic nitrogens is 7. The summed E-state index contributed by atoms with van der Waals surface area (Å²) in [5.74, 6) is 6.98. The molecule has 47 heavy (non-hydrogen) atoms. The normalized spacial score (nSPS) is 21.6. The molecule has 4 unspecified atom stereocenters. The summed E-state index contributed by atoms with van der Waals surface area (Å²) in [6.07, 6.45) is 10.2. The summed E-state index contributed by atoms with van der Waals surface area (Å²) in [5, 5.41) is 7.57. The number of nitrogens with two attached hydrogens (primary N) is 1. The van der Waals surface area contributed by atoms with E-state index in [0.717, 1.165) is 90.1 Å². The van der Waals surface area contributed by atoms with Gasteiger partial charge in [-0.15, -0.1) is 0 Å². The van der Waals surface area contributed by atoms with Crippen LogP contribution in [0, 0.1) is 37.5 Å². The first-order chi connectivity index (χ1) is 22.9. The molecule has 0 amide bonds. The zero-order chi connectivity index (χ0) is 32.5. The number of hydrogen-bond donors (Lipinski definition) is 2. The molecule has 5 aromatic heterocycles. The molecular weight excluding hydrogens is 588 g/mol. The fourth-order valence-corrected chi connectivity index (χ4v) is 6.72. The first-order valence-corrected chi connectivity index (χ1v) is 16.5. The zero-order valence-corrected chi connectivity index (χ0v) is 27.2.